The van der Waals surface area contributed by atoms with Crippen LogP contribution in [0.5, 0.6) is 0 Å². The Bertz CT molecular complexity index is 613. The number of nitrogens with zero attached hydrogens (tertiary/aromatic N) is 1. The highest BCUT2D eigenvalue weighted by atomic mass is 16.2. The predicted molar refractivity (Wildman–Crippen MR) is 68.0 cm³/mol. The summed E-state index contributed by atoms with van der Waals surface area (Å²) in [4.78, 5) is 30.1. The third-order valence-corrected chi connectivity index (χ3v) is 3.70. The van der Waals surface area contributed by atoms with Gasteiger partial charge in [0.05, 0.1) is 0 Å². The van der Waals surface area contributed by atoms with Crippen LogP contribution in [0.2, 0.25) is 0 Å². The molecule has 2 aliphatic rings. The number of fused-ring (bicyclic) bond motifs is 3. The fourth-order valence-corrected chi connectivity index (χ4v) is 2.84. The van der Waals surface area contributed by atoms with Crippen LogP contribution in [0.25, 0.3) is 0 Å². The molecule has 0 aromatic carbocycles. The van der Waals surface area contributed by atoms with E-state index < -0.39 is 5.91 Å². The summed E-state index contributed by atoms with van der Waals surface area (Å²) in [5.74, 6) is -0.300. The van der Waals surface area contributed by atoms with Crippen LogP contribution in [0.3, 0.4) is 0 Å². The predicted octanol–water partition coefficient (Wildman–Crippen LogP) is 0.893. The van der Waals surface area contributed by atoms with Gasteiger partial charge in [0, 0.05) is 11.3 Å². The number of aromatic amines is 1. The maximum absolute atomic E-state index is 11.9. The Labute approximate surface area is 104 Å². The maximum atomic E-state index is 11.9. The number of amidine groups is 1. The third-order valence-electron chi connectivity index (χ3n) is 3.70. The van der Waals surface area contributed by atoms with Crippen LogP contribution in [0.1, 0.15) is 52.9 Å². The molecule has 5 nitrogen and oxygen atoms in total. The monoisotopic (exact) mass is 245 g/mol. The lowest BCUT2D eigenvalue weighted by molar-refractivity contribution is 0.100. The Balaban J connectivity index is 2.25. The van der Waals surface area contributed by atoms with Gasteiger partial charge in [-0.2, -0.15) is 4.99 Å². The minimum atomic E-state index is -0.506. The summed E-state index contributed by atoms with van der Waals surface area (Å²) in [5.41, 5.74) is 8.14. The van der Waals surface area contributed by atoms with Crippen LogP contribution < -0.4 is 11.3 Å². The second-order valence-electron chi connectivity index (χ2n) is 4.88. The van der Waals surface area contributed by atoms with E-state index in [2.05, 4.69) is 9.98 Å². The molecule has 18 heavy (non-hydrogen) atoms. The number of hydrogen-bond acceptors (Lipinski definition) is 3. The summed E-state index contributed by atoms with van der Waals surface area (Å²) in [6, 6.07) is 0. The van der Waals surface area contributed by atoms with Crippen molar-refractivity contribution in [2.24, 2.45) is 10.7 Å². The van der Waals surface area contributed by atoms with Crippen molar-refractivity contribution in [3.63, 3.8) is 0 Å². The summed E-state index contributed by atoms with van der Waals surface area (Å²) in [6.45, 7) is 0. The highest BCUT2D eigenvalue weighted by Crippen LogP contribution is 2.25. The number of carbonyl (C=O) groups is 1. The Morgan fingerprint density at radius 3 is 2.50 bits per heavy atom. The number of hydrogen-bond donors (Lipinski definition) is 2. The fraction of sp³-hybridized carbons (Fsp3) is 0.462. The molecule has 5 heteroatoms. The van der Waals surface area contributed by atoms with Gasteiger partial charge in [0.2, 0.25) is 0 Å². The van der Waals surface area contributed by atoms with E-state index >= 15 is 0 Å². The van der Waals surface area contributed by atoms with Crippen LogP contribution in [0.15, 0.2) is 9.79 Å². The Kier molecular flexibility index (Phi) is 2.54. The van der Waals surface area contributed by atoms with Crippen molar-refractivity contribution >= 4 is 11.7 Å². The zero-order chi connectivity index (χ0) is 12.7. The van der Waals surface area contributed by atoms with Gasteiger partial charge in [-0.05, 0) is 31.2 Å². The first-order valence-corrected chi connectivity index (χ1v) is 6.35. The maximum Gasteiger partial charge on any atom is 0.285 e. The number of nitrogens with one attached hydrogen (secondary N) is 1. The minimum Gasteiger partial charge on any atom is -0.383 e. The number of H-pyrrole nitrogens is 1. The number of aryl methyl sites for hydroxylation is 1. The van der Waals surface area contributed by atoms with Crippen molar-refractivity contribution in [1.29, 1.82) is 0 Å². The van der Waals surface area contributed by atoms with Crippen molar-refractivity contribution < 1.29 is 4.79 Å². The van der Waals surface area contributed by atoms with E-state index in [0.29, 0.717) is 5.56 Å². The second-order valence-corrected chi connectivity index (χ2v) is 4.88. The molecule has 1 amide bonds. The lowest BCUT2D eigenvalue weighted by Crippen LogP contribution is -2.25. The molecule has 1 aromatic heterocycles. The number of aliphatic imine (C=N–C) groups is 1. The van der Waals surface area contributed by atoms with E-state index in [4.69, 9.17) is 5.73 Å². The molecule has 94 valence electrons. The Hall–Kier alpha value is -1.91. The average Bonchev–Trinajstić information content (AvgIpc) is 2.58. The summed E-state index contributed by atoms with van der Waals surface area (Å²) < 4.78 is 0. The summed E-state index contributed by atoms with van der Waals surface area (Å²) in [5, 5.41) is 0. The second kappa shape index (κ2) is 4.08. The molecule has 0 unspecified atom stereocenters. The third kappa shape index (κ3) is 1.58. The summed E-state index contributed by atoms with van der Waals surface area (Å²) in [7, 11) is 0. The van der Waals surface area contributed by atoms with E-state index in [0.717, 1.165) is 36.9 Å². The number of amides is 1. The van der Waals surface area contributed by atoms with Gasteiger partial charge in [-0.15, -0.1) is 0 Å². The fourth-order valence-electron chi connectivity index (χ4n) is 2.84. The average molecular weight is 245 g/mol. The van der Waals surface area contributed by atoms with Gasteiger partial charge in [0.25, 0.3) is 11.5 Å². The molecule has 1 aliphatic carbocycles. The number of carbonyl (C=O) groups excluding carboxylic acids is 1. The largest absolute Gasteiger partial charge is 0.383 e. The van der Waals surface area contributed by atoms with Gasteiger partial charge < -0.3 is 10.7 Å². The summed E-state index contributed by atoms with van der Waals surface area (Å²) >= 11 is 0. The molecule has 0 atom stereocenters. The quantitative estimate of drug-likeness (QED) is 0.711. The van der Waals surface area contributed by atoms with E-state index in [-0.39, 0.29) is 17.0 Å². The summed E-state index contributed by atoms with van der Waals surface area (Å²) in [6.07, 6.45) is 6.19. The smallest absolute Gasteiger partial charge is 0.285 e. The molecule has 3 rings (SSSR count). The van der Waals surface area contributed by atoms with Gasteiger partial charge in [-0.3, -0.25) is 9.59 Å². The van der Waals surface area contributed by atoms with Crippen LogP contribution in [-0.4, -0.2) is 16.7 Å². The molecular weight excluding hydrogens is 230 g/mol. The molecular formula is C13H15N3O2. The molecule has 0 saturated heterocycles. The van der Waals surface area contributed by atoms with E-state index in [1.165, 1.54) is 12.8 Å². The molecule has 0 bridgehead atoms. The van der Waals surface area contributed by atoms with Gasteiger partial charge in [0.1, 0.15) is 11.4 Å². The van der Waals surface area contributed by atoms with Crippen LogP contribution in [0, 0.1) is 0 Å². The van der Waals surface area contributed by atoms with Crippen LogP contribution in [0.4, 0.5) is 0 Å². The van der Waals surface area contributed by atoms with E-state index in [9.17, 15) is 9.59 Å². The van der Waals surface area contributed by atoms with E-state index in [1.54, 1.807) is 0 Å². The van der Waals surface area contributed by atoms with E-state index in [1.807, 2.05) is 0 Å². The molecule has 0 radical (unpaired) electrons. The zero-order valence-electron chi connectivity index (χ0n) is 10.1. The van der Waals surface area contributed by atoms with Crippen molar-refractivity contribution in [2.45, 2.75) is 38.5 Å². The number of rotatable bonds is 0. The molecule has 1 aromatic rings. The SMILES string of the molecule is NC1=NC(=O)c2c1c1c([nH]c2=O)CCCCCC1. The van der Waals surface area contributed by atoms with Gasteiger partial charge in [-0.25, -0.2) is 0 Å². The van der Waals surface area contributed by atoms with Crippen molar-refractivity contribution in [1.82, 2.24) is 4.98 Å². The normalized spacial score (nSPS) is 18.7. The Morgan fingerprint density at radius 2 is 1.72 bits per heavy atom. The highest BCUT2D eigenvalue weighted by molar-refractivity contribution is 6.20. The first kappa shape index (κ1) is 11.2. The minimum absolute atomic E-state index is 0.131. The lowest BCUT2D eigenvalue weighted by atomic mass is 9.91. The molecule has 0 saturated carbocycles. The van der Waals surface area contributed by atoms with Gasteiger partial charge >= 0.3 is 0 Å². The number of nitrogens with two attached hydrogens (primary N) is 1. The molecule has 1 aliphatic heterocycles. The first-order chi connectivity index (χ1) is 8.68. The zero-order valence-corrected chi connectivity index (χ0v) is 10.1. The molecule has 0 spiro atoms. The topological polar surface area (TPSA) is 88.3 Å². The van der Waals surface area contributed by atoms with Crippen LogP contribution in [-0.2, 0) is 12.8 Å². The molecule has 3 N–H and O–H groups in total. The van der Waals surface area contributed by atoms with Gasteiger partial charge in [0.15, 0.2) is 0 Å². The van der Waals surface area contributed by atoms with Crippen molar-refractivity contribution in [3.05, 3.63) is 32.7 Å². The standard InChI is InChI=1S/C13H15N3O2/c14-11-9-7-5-3-1-2-4-6-8(7)15-12(17)10(9)13(18)16-11/h1-6H2,(H,15,17)(H2,14,16,18). The van der Waals surface area contributed by atoms with Crippen LogP contribution >= 0.6 is 0 Å². The van der Waals surface area contributed by atoms with Gasteiger partial charge in [-0.1, -0.05) is 12.8 Å². The van der Waals surface area contributed by atoms with Crippen molar-refractivity contribution in [2.75, 3.05) is 0 Å². The Morgan fingerprint density at radius 1 is 1.00 bits per heavy atom. The highest BCUT2D eigenvalue weighted by Gasteiger charge is 2.29. The van der Waals surface area contributed by atoms with Crippen molar-refractivity contribution in [3.8, 4) is 0 Å². The number of pyridine rings is 1. The molecule has 2 heterocycles. The first-order valence-electron chi connectivity index (χ1n) is 6.35. The number of aromatic nitrogens is 1. The molecule has 0 fully saturated rings. The lowest BCUT2D eigenvalue weighted by Gasteiger charge is -2.16.